The van der Waals surface area contributed by atoms with Crippen molar-refractivity contribution in [2.75, 3.05) is 33.3 Å². The minimum atomic E-state index is -0.0931. The van der Waals surface area contributed by atoms with E-state index in [0.717, 1.165) is 57.1 Å². The standard InChI is InChI=1S/C18H28N4O2/c1-21-7-4-14(5-8-21)18(23)19-10-16-17-15(6-9-24-16)12-22(20-17)11-13-2-3-13/h12-14,16H,2-11H2,1H3,(H,19,23). The van der Waals surface area contributed by atoms with Gasteiger partial charge in [0.15, 0.2) is 0 Å². The van der Waals surface area contributed by atoms with Gasteiger partial charge in [0.2, 0.25) is 5.91 Å². The molecule has 1 amide bonds. The van der Waals surface area contributed by atoms with Crippen LogP contribution in [0.3, 0.4) is 0 Å². The molecule has 132 valence electrons. The summed E-state index contributed by atoms with van der Waals surface area (Å²) >= 11 is 0. The van der Waals surface area contributed by atoms with E-state index in [1.54, 1.807) is 0 Å². The Hall–Kier alpha value is -1.40. The van der Waals surface area contributed by atoms with Gasteiger partial charge in [0.25, 0.3) is 0 Å². The molecule has 2 fully saturated rings. The van der Waals surface area contributed by atoms with Crippen molar-refractivity contribution in [2.45, 2.75) is 44.8 Å². The van der Waals surface area contributed by atoms with E-state index in [9.17, 15) is 4.79 Å². The van der Waals surface area contributed by atoms with Crippen LogP contribution in [0.5, 0.6) is 0 Å². The Bertz CT molecular complexity index is 588. The fourth-order valence-electron chi connectivity index (χ4n) is 3.75. The number of piperidine rings is 1. The van der Waals surface area contributed by atoms with Crippen molar-refractivity contribution >= 4 is 5.91 Å². The van der Waals surface area contributed by atoms with Crippen molar-refractivity contribution in [1.29, 1.82) is 0 Å². The van der Waals surface area contributed by atoms with Gasteiger partial charge in [0, 0.05) is 25.2 Å². The van der Waals surface area contributed by atoms with Gasteiger partial charge >= 0.3 is 0 Å². The first-order valence-electron chi connectivity index (χ1n) is 9.33. The summed E-state index contributed by atoms with van der Waals surface area (Å²) in [6, 6.07) is 0. The lowest BCUT2D eigenvalue weighted by Crippen LogP contribution is -2.40. The fraction of sp³-hybridized carbons (Fsp3) is 0.778. The molecular formula is C18H28N4O2. The Morgan fingerprint density at radius 1 is 1.33 bits per heavy atom. The zero-order chi connectivity index (χ0) is 16.5. The highest BCUT2D eigenvalue weighted by molar-refractivity contribution is 5.78. The third-order valence-corrected chi connectivity index (χ3v) is 5.56. The van der Waals surface area contributed by atoms with Crippen molar-refractivity contribution < 1.29 is 9.53 Å². The van der Waals surface area contributed by atoms with Crippen LogP contribution in [0.25, 0.3) is 0 Å². The molecule has 1 saturated carbocycles. The summed E-state index contributed by atoms with van der Waals surface area (Å²) in [4.78, 5) is 14.7. The molecule has 1 atom stereocenters. The molecule has 24 heavy (non-hydrogen) atoms. The Morgan fingerprint density at radius 2 is 2.12 bits per heavy atom. The van der Waals surface area contributed by atoms with Crippen molar-refractivity contribution in [2.24, 2.45) is 11.8 Å². The lowest BCUT2D eigenvalue weighted by atomic mass is 9.96. The molecular weight excluding hydrogens is 304 g/mol. The Morgan fingerprint density at radius 3 is 2.88 bits per heavy atom. The number of fused-ring (bicyclic) bond motifs is 1. The predicted octanol–water partition coefficient (Wildman–Crippen LogP) is 1.36. The molecule has 2 aliphatic heterocycles. The molecule has 1 saturated heterocycles. The summed E-state index contributed by atoms with van der Waals surface area (Å²) in [6.45, 7) is 4.30. The van der Waals surface area contributed by atoms with E-state index in [1.165, 1.54) is 18.4 Å². The molecule has 0 radical (unpaired) electrons. The average molecular weight is 332 g/mol. The van der Waals surface area contributed by atoms with Crippen LogP contribution >= 0.6 is 0 Å². The SMILES string of the molecule is CN1CCC(C(=O)NCC2OCCc3cn(CC4CC4)nc32)CC1. The minimum Gasteiger partial charge on any atom is -0.370 e. The molecule has 0 spiro atoms. The first-order valence-corrected chi connectivity index (χ1v) is 9.33. The fourth-order valence-corrected chi connectivity index (χ4v) is 3.75. The van der Waals surface area contributed by atoms with Crippen molar-refractivity contribution in [3.05, 3.63) is 17.5 Å². The van der Waals surface area contributed by atoms with Crippen LogP contribution < -0.4 is 5.32 Å². The van der Waals surface area contributed by atoms with E-state index in [4.69, 9.17) is 9.84 Å². The maximum absolute atomic E-state index is 12.4. The lowest BCUT2D eigenvalue weighted by molar-refractivity contribution is -0.127. The van der Waals surface area contributed by atoms with E-state index < -0.39 is 0 Å². The Kier molecular flexibility index (Phi) is 4.59. The summed E-state index contributed by atoms with van der Waals surface area (Å²) in [5.41, 5.74) is 2.33. The highest BCUT2D eigenvalue weighted by Gasteiger charge is 2.29. The van der Waals surface area contributed by atoms with E-state index in [0.29, 0.717) is 6.54 Å². The number of nitrogens with zero attached hydrogens (tertiary/aromatic N) is 3. The second-order valence-corrected chi connectivity index (χ2v) is 7.64. The van der Waals surface area contributed by atoms with Crippen molar-refractivity contribution in [3.63, 3.8) is 0 Å². The zero-order valence-electron chi connectivity index (χ0n) is 14.5. The van der Waals surface area contributed by atoms with Crippen LogP contribution in [0, 0.1) is 11.8 Å². The lowest BCUT2D eigenvalue weighted by Gasteiger charge is -2.29. The van der Waals surface area contributed by atoms with Crippen LogP contribution in [0.1, 0.15) is 43.0 Å². The third kappa shape index (κ3) is 3.64. The van der Waals surface area contributed by atoms with Gasteiger partial charge in [0.1, 0.15) is 6.10 Å². The van der Waals surface area contributed by atoms with Crippen LogP contribution in [0.2, 0.25) is 0 Å². The second-order valence-electron chi connectivity index (χ2n) is 7.64. The zero-order valence-corrected chi connectivity index (χ0v) is 14.5. The number of carbonyl (C=O) groups excluding carboxylic acids is 1. The number of nitrogens with one attached hydrogen (secondary N) is 1. The molecule has 3 heterocycles. The van der Waals surface area contributed by atoms with Crippen LogP contribution in [-0.4, -0.2) is 53.9 Å². The molecule has 3 aliphatic rings. The molecule has 0 aromatic carbocycles. The molecule has 6 nitrogen and oxygen atoms in total. The van der Waals surface area contributed by atoms with Gasteiger partial charge in [0.05, 0.1) is 12.3 Å². The average Bonchev–Trinajstić information content (AvgIpc) is 3.29. The highest BCUT2D eigenvalue weighted by atomic mass is 16.5. The molecule has 4 rings (SSSR count). The second kappa shape index (κ2) is 6.84. The first kappa shape index (κ1) is 16.1. The van der Waals surface area contributed by atoms with Gasteiger partial charge in [-0.3, -0.25) is 9.48 Å². The van der Waals surface area contributed by atoms with Crippen LogP contribution in [0.15, 0.2) is 6.20 Å². The summed E-state index contributed by atoms with van der Waals surface area (Å²) < 4.78 is 7.98. The van der Waals surface area contributed by atoms with E-state index in [2.05, 4.69) is 28.1 Å². The van der Waals surface area contributed by atoms with Gasteiger partial charge in [-0.1, -0.05) is 0 Å². The normalized spacial score (nSPS) is 25.5. The predicted molar refractivity (Wildman–Crippen MR) is 90.6 cm³/mol. The number of hydrogen-bond donors (Lipinski definition) is 1. The number of likely N-dealkylation sites (tertiary alicyclic amines) is 1. The van der Waals surface area contributed by atoms with E-state index >= 15 is 0 Å². The molecule has 0 bridgehead atoms. The monoisotopic (exact) mass is 332 g/mol. The minimum absolute atomic E-state index is 0.0931. The number of amides is 1. The van der Waals surface area contributed by atoms with E-state index in [1.807, 2.05) is 0 Å². The maximum atomic E-state index is 12.4. The quantitative estimate of drug-likeness (QED) is 0.885. The molecule has 1 aliphatic carbocycles. The summed E-state index contributed by atoms with van der Waals surface area (Å²) in [5, 5.41) is 7.85. The summed E-state index contributed by atoms with van der Waals surface area (Å²) in [5.74, 6) is 1.14. The Balaban J connectivity index is 1.34. The van der Waals surface area contributed by atoms with Crippen molar-refractivity contribution in [3.8, 4) is 0 Å². The Labute approximate surface area is 143 Å². The van der Waals surface area contributed by atoms with Crippen LogP contribution in [-0.2, 0) is 22.5 Å². The highest BCUT2D eigenvalue weighted by Crippen LogP contribution is 2.32. The van der Waals surface area contributed by atoms with Gasteiger partial charge in [-0.2, -0.15) is 5.10 Å². The first-order chi connectivity index (χ1) is 11.7. The summed E-state index contributed by atoms with van der Waals surface area (Å²) in [7, 11) is 2.11. The third-order valence-electron chi connectivity index (χ3n) is 5.56. The van der Waals surface area contributed by atoms with Gasteiger partial charge in [-0.25, -0.2) is 0 Å². The number of carbonyl (C=O) groups is 1. The van der Waals surface area contributed by atoms with Crippen molar-refractivity contribution in [1.82, 2.24) is 20.0 Å². The van der Waals surface area contributed by atoms with Gasteiger partial charge in [-0.05, 0) is 63.7 Å². The number of aromatic nitrogens is 2. The maximum Gasteiger partial charge on any atom is 0.223 e. The number of rotatable bonds is 5. The molecule has 1 aromatic rings. The van der Waals surface area contributed by atoms with Gasteiger partial charge in [-0.15, -0.1) is 0 Å². The number of hydrogen-bond acceptors (Lipinski definition) is 4. The largest absolute Gasteiger partial charge is 0.370 e. The van der Waals surface area contributed by atoms with Crippen LogP contribution in [0.4, 0.5) is 0 Å². The topological polar surface area (TPSA) is 59.4 Å². The number of ether oxygens (including phenoxy) is 1. The van der Waals surface area contributed by atoms with E-state index in [-0.39, 0.29) is 17.9 Å². The molecule has 1 aromatic heterocycles. The summed E-state index contributed by atoms with van der Waals surface area (Å²) in [6.07, 6.45) is 7.59. The molecule has 1 unspecified atom stereocenters. The molecule has 6 heteroatoms. The molecule has 1 N–H and O–H groups in total. The smallest absolute Gasteiger partial charge is 0.223 e. The van der Waals surface area contributed by atoms with Gasteiger partial charge < -0.3 is 15.0 Å².